The lowest BCUT2D eigenvalue weighted by Crippen LogP contribution is -2.58. The molecule has 206 valence electrons. The van der Waals surface area contributed by atoms with E-state index in [1.165, 1.54) is 10.6 Å². The number of aliphatic hydroxyl groups is 1. The number of piperazine rings is 2. The molecule has 38 heavy (non-hydrogen) atoms. The van der Waals surface area contributed by atoms with Gasteiger partial charge < -0.3 is 10.0 Å². The van der Waals surface area contributed by atoms with Gasteiger partial charge >= 0.3 is 0 Å². The van der Waals surface area contributed by atoms with Gasteiger partial charge in [-0.25, -0.2) is 8.42 Å². The van der Waals surface area contributed by atoms with Crippen LogP contribution >= 0.6 is 0 Å². The highest BCUT2D eigenvalue weighted by Crippen LogP contribution is 2.22. The third-order valence-electron chi connectivity index (χ3n) is 7.44. The summed E-state index contributed by atoms with van der Waals surface area (Å²) in [7, 11) is -3.16. The lowest BCUT2D eigenvalue weighted by Gasteiger charge is -2.44. The molecule has 9 nitrogen and oxygen atoms in total. The molecule has 0 spiro atoms. The summed E-state index contributed by atoms with van der Waals surface area (Å²) in [4.78, 5) is 31.8. The Bertz CT molecular complexity index is 1230. The van der Waals surface area contributed by atoms with Gasteiger partial charge in [-0.1, -0.05) is 36.4 Å². The van der Waals surface area contributed by atoms with Crippen LogP contribution in [-0.2, 0) is 23.1 Å². The highest BCUT2D eigenvalue weighted by atomic mass is 32.2. The molecule has 0 radical (unpaired) electrons. The van der Waals surface area contributed by atoms with Gasteiger partial charge in [0.1, 0.15) is 6.61 Å². The molecule has 2 aliphatic heterocycles. The molecule has 10 heteroatoms. The second-order valence-corrected chi connectivity index (χ2v) is 12.5. The van der Waals surface area contributed by atoms with Gasteiger partial charge in [0, 0.05) is 75.6 Å². The maximum absolute atomic E-state index is 13.6. The minimum Gasteiger partial charge on any atom is -0.388 e. The van der Waals surface area contributed by atoms with Gasteiger partial charge in [-0.3, -0.25) is 19.4 Å². The summed E-state index contributed by atoms with van der Waals surface area (Å²) in [5, 5.41) is 9.04. The van der Waals surface area contributed by atoms with Crippen molar-refractivity contribution < 1.29 is 23.1 Å². The Morgan fingerprint density at radius 3 is 2.03 bits per heavy atom. The van der Waals surface area contributed by atoms with E-state index in [-0.39, 0.29) is 23.8 Å². The molecule has 0 unspecified atom stereocenters. The Kier molecular flexibility index (Phi) is 9.00. The number of rotatable bonds is 8. The first-order chi connectivity index (χ1) is 18.0. The van der Waals surface area contributed by atoms with E-state index in [0.717, 1.165) is 30.8 Å². The first-order valence-electron chi connectivity index (χ1n) is 13.1. The van der Waals surface area contributed by atoms with E-state index in [0.29, 0.717) is 43.9 Å². The fraction of sp³-hybridized carbons (Fsp3) is 0.500. The maximum atomic E-state index is 13.6. The molecule has 2 aromatic carbocycles. The van der Waals surface area contributed by atoms with Crippen molar-refractivity contribution in [3.05, 3.63) is 70.8 Å². The van der Waals surface area contributed by atoms with Gasteiger partial charge in [0.2, 0.25) is 10.0 Å². The smallest absolute Gasteiger partial charge is 0.254 e. The quantitative estimate of drug-likeness (QED) is 0.507. The molecule has 2 heterocycles. The molecule has 2 aromatic rings. The summed E-state index contributed by atoms with van der Waals surface area (Å²) in [5.41, 5.74) is 3.31. The van der Waals surface area contributed by atoms with Gasteiger partial charge in [-0.05, 0) is 37.1 Å². The Balaban J connectivity index is 1.35. The van der Waals surface area contributed by atoms with Crippen LogP contribution < -0.4 is 0 Å². The molecule has 2 aliphatic rings. The standard InChI is InChI=1S/C28H38N4O5S/c1-21-16-30(18-23-7-9-25(10-8-23)27(34)20-33)17-22(2)32(21)28(35)26-6-4-5-24(15-26)19-29-11-13-31(14-12-29)38(3,36)37/h4-10,15,21-22,33H,11-14,16-20H2,1-3H3/t21-,22+. The molecule has 0 aliphatic carbocycles. The van der Waals surface area contributed by atoms with Crippen LogP contribution in [0.25, 0.3) is 0 Å². The van der Waals surface area contributed by atoms with Crippen molar-refractivity contribution in [1.29, 1.82) is 0 Å². The molecule has 0 saturated carbocycles. The van der Waals surface area contributed by atoms with E-state index < -0.39 is 16.6 Å². The zero-order chi connectivity index (χ0) is 27.4. The predicted octanol–water partition coefficient (Wildman–Crippen LogP) is 1.67. The number of hydrogen-bond donors (Lipinski definition) is 1. The lowest BCUT2D eigenvalue weighted by atomic mass is 10.0. The van der Waals surface area contributed by atoms with Crippen molar-refractivity contribution >= 4 is 21.7 Å². The summed E-state index contributed by atoms with van der Waals surface area (Å²) in [6, 6.07) is 15.2. The number of Topliss-reactive ketones (excluding diaryl/α,β-unsaturated/α-hetero) is 1. The summed E-state index contributed by atoms with van der Waals surface area (Å²) in [5.74, 6) is -0.259. The van der Waals surface area contributed by atoms with E-state index in [4.69, 9.17) is 5.11 Å². The van der Waals surface area contributed by atoms with E-state index in [1.807, 2.05) is 41.3 Å². The molecule has 2 saturated heterocycles. The Morgan fingerprint density at radius 1 is 0.842 bits per heavy atom. The van der Waals surface area contributed by atoms with E-state index in [9.17, 15) is 18.0 Å². The number of nitrogens with zero attached hydrogens (tertiary/aromatic N) is 4. The highest BCUT2D eigenvalue weighted by molar-refractivity contribution is 7.88. The van der Waals surface area contributed by atoms with Gasteiger partial charge in [0.05, 0.1) is 6.26 Å². The second-order valence-electron chi connectivity index (χ2n) is 10.5. The van der Waals surface area contributed by atoms with E-state index in [2.05, 4.69) is 23.6 Å². The average molecular weight is 543 g/mol. The Labute approximate surface area is 225 Å². The van der Waals surface area contributed by atoms with Gasteiger partial charge in [0.25, 0.3) is 5.91 Å². The van der Waals surface area contributed by atoms with Crippen molar-refractivity contribution in [2.75, 3.05) is 52.1 Å². The molecule has 4 rings (SSSR count). The molecular formula is C28H38N4O5S. The Hall–Kier alpha value is -2.63. The molecule has 1 N–H and O–H groups in total. The zero-order valence-corrected chi connectivity index (χ0v) is 23.2. The molecule has 2 atom stereocenters. The third-order valence-corrected chi connectivity index (χ3v) is 8.74. The normalized spacial score (nSPS) is 21.9. The van der Waals surface area contributed by atoms with E-state index in [1.54, 1.807) is 12.1 Å². The molecule has 1 amide bonds. The first-order valence-corrected chi connectivity index (χ1v) is 14.9. The fourth-order valence-electron chi connectivity index (χ4n) is 5.54. The molecule has 0 aromatic heterocycles. The number of benzene rings is 2. The maximum Gasteiger partial charge on any atom is 0.254 e. The summed E-state index contributed by atoms with van der Waals surface area (Å²) < 4.78 is 25.1. The SMILES string of the molecule is C[C@@H]1CN(Cc2ccc(C(=O)CO)cc2)C[C@H](C)N1C(=O)c1cccc(CN2CCN(S(C)(=O)=O)CC2)c1. The van der Waals surface area contributed by atoms with Crippen molar-refractivity contribution in [1.82, 2.24) is 19.0 Å². The molecule has 2 fully saturated rings. The van der Waals surface area contributed by atoms with Crippen LogP contribution in [0, 0.1) is 0 Å². The molecular weight excluding hydrogens is 504 g/mol. The minimum atomic E-state index is -3.16. The highest BCUT2D eigenvalue weighted by Gasteiger charge is 2.33. The number of hydrogen-bond acceptors (Lipinski definition) is 7. The van der Waals surface area contributed by atoms with Gasteiger partial charge in [0.15, 0.2) is 5.78 Å². The van der Waals surface area contributed by atoms with E-state index >= 15 is 0 Å². The summed E-state index contributed by atoms with van der Waals surface area (Å²) in [6.45, 7) is 8.88. The van der Waals surface area contributed by atoms with Crippen LogP contribution in [0.5, 0.6) is 0 Å². The lowest BCUT2D eigenvalue weighted by molar-refractivity contribution is 0.0268. The van der Waals surface area contributed by atoms with Crippen molar-refractivity contribution in [2.24, 2.45) is 0 Å². The van der Waals surface area contributed by atoms with Crippen LogP contribution in [0.2, 0.25) is 0 Å². The van der Waals surface area contributed by atoms with Crippen molar-refractivity contribution in [2.45, 2.75) is 39.0 Å². The number of carbonyl (C=O) groups excluding carboxylic acids is 2. The van der Waals surface area contributed by atoms with Crippen LogP contribution in [-0.4, -0.2) is 108 Å². The number of sulfonamides is 1. The van der Waals surface area contributed by atoms with Gasteiger partial charge in [-0.15, -0.1) is 0 Å². The van der Waals surface area contributed by atoms with Crippen molar-refractivity contribution in [3.63, 3.8) is 0 Å². The fourth-order valence-corrected chi connectivity index (χ4v) is 6.36. The Morgan fingerprint density at radius 2 is 1.45 bits per heavy atom. The number of ketones is 1. The minimum absolute atomic E-state index is 0.0280. The number of carbonyl (C=O) groups is 2. The number of aliphatic hydroxyl groups excluding tert-OH is 1. The van der Waals surface area contributed by atoms with Crippen LogP contribution in [0.1, 0.15) is 45.7 Å². The van der Waals surface area contributed by atoms with Gasteiger partial charge in [-0.2, -0.15) is 4.31 Å². The topological polar surface area (TPSA) is 101 Å². The van der Waals surface area contributed by atoms with Crippen LogP contribution in [0.3, 0.4) is 0 Å². The van der Waals surface area contributed by atoms with Crippen LogP contribution in [0.4, 0.5) is 0 Å². The number of amides is 1. The average Bonchev–Trinajstić information content (AvgIpc) is 2.88. The molecule has 0 bridgehead atoms. The third kappa shape index (κ3) is 6.86. The first kappa shape index (κ1) is 28.4. The second kappa shape index (κ2) is 12.0. The van der Waals surface area contributed by atoms with Crippen molar-refractivity contribution in [3.8, 4) is 0 Å². The largest absolute Gasteiger partial charge is 0.388 e. The predicted molar refractivity (Wildman–Crippen MR) is 146 cm³/mol. The summed E-state index contributed by atoms with van der Waals surface area (Å²) in [6.07, 6.45) is 1.25. The summed E-state index contributed by atoms with van der Waals surface area (Å²) >= 11 is 0. The zero-order valence-electron chi connectivity index (χ0n) is 22.4. The monoisotopic (exact) mass is 542 g/mol. The van der Waals surface area contributed by atoms with Crippen LogP contribution in [0.15, 0.2) is 48.5 Å².